The Morgan fingerprint density at radius 3 is 2.71 bits per heavy atom. The number of benzene rings is 1. The molecule has 1 N–H and O–H groups in total. The molecule has 0 aliphatic rings. The summed E-state index contributed by atoms with van der Waals surface area (Å²) in [5, 5.41) is 3.07. The van der Waals surface area contributed by atoms with Crippen molar-refractivity contribution in [3.05, 3.63) is 29.8 Å². The van der Waals surface area contributed by atoms with Crippen molar-refractivity contribution in [1.29, 1.82) is 0 Å². The van der Waals surface area contributed by atoms with Gasteiger partial charge in [0, 0.05) is 13.5 Å². The molecular weight excluding hydrogens is 178 g/mol. The second-order valence-electron chi connectivity index (χ2n) is 3.07. The summed E-state index contributed by atoms with van der Waals surface area (Å²) in [5.74, 6) is 0.883. The van der Waals surface area contributed by atoms with Crippen molar-refractivity contribution >= 4 is 0 Å². The number of methoxy groups -OCH3 is 2. The molecule has 0 aliphatic carbocycles. The number of hydrogen-bond donors (Lipinski definition) is 1. The van der Waals surface area contributed by atoms with Gasteiger partial charge in [-0.1, -0.05) is 12.1 Å². The van der Waals surface area contributed by atoms with Crippen LogP contribution in [0, 0.1) is 0 Å². The van der Waals surface area contributed by atoms with Gasteiger partial charge < -0.3 is 9.47 Å². The highest BCUT2D eigenvalue weighted by Gasteiger charge is 2.05. The van der Waals surface area contributed by atoms with Gasteiger partial charge in [-0.15, -0.1) is 0 Å². The predicted molar refractivity (Wildman–Crippen MR) is 56.6 cm³/mol. The van der Waals surface area contributed by atoms with Crippen molar-refractivity contribution in [3.8, 4) is 5.75 Å². The molecule has 78 valence electrons. The molecule has 3 nitrogen and oxygen atoms in total. The van der Waals surface area contributed by atoms with E-state index in [0.717, 1.165) is 12.2 Å². The second-order valence-corrected chi connectivity index (χ2v) is 3.07. The molecule has 0 saturated carbocycles. The molecule has 14 heavy (non-hydrogen) atoms. The Bertz CT molecular complexity index is 272. The van der Waals surface area contributed by atoms with Crippen LogP contribution in [-0.2, 0) is 11.2 Å². The van der Waals surface area contributed by atoms with Crippen molar-refractivity contribution in [2.24, 2.45) is 0 Å². The van der Waals surface area contributed by atoms with Crippen molar-refractivity contribution in [3.63, 3.8) is 0 Å². The van der Waals surface area contributed by atoms with Crippen LogP contribution < -0.4 is 10.1 Å². The summed E-state index contributed by atoms with van der Waals surface area (Å²) >= 11 is 0. The zero-order chi connectivity index (χ0) is 10.4. The van der Waals surface area contributed by atoms with Crippen LogP contribution in [0.4, 0.5) is 0 Å². The summed E-state index contributed by atoms with van der Waals surface area (Å²) < 4.78 is 10.4. The third-order valence-corrected chi connectivity index (χ3v) is 2.16. The Balaban J connectivity index is 2.65. The molecule has 0 amide bonds. The Hall–Kier alpha value is -1.06. The standard InChI is InChI=1S/C11H17NO2/c1-12-11(14-3)8-9-5-4-6-10(7-9)13-2/h4-7,11-12H,8H2,1-3H3. The zero-order valence-corrected chi connectivity index (χ0v) is 8.91. The summed E-state index contributed by atoms with van der Waals surface area (Å²) in [6.45, 7) is 0. The van der Waals surface area contributed by atoms with Crippen LogP contribution in [0.2, 0.25) is 0 Å². The van der Waals surface area contributed by atoms with Crippen LogP contribution in [0.25, 0.3) is 0 Å². The molecule has 0 aromatic heterocycles. The maximum atomic E-state index is 5.22. The number of rotatable bonds is 5. The lowest BCUT2D eigenvalue weighted by atomic mass is 10.1. The first-order valence-corrected chi connectivity index (χ1v) is 4.63. The molecule has 0 aliphatic heterocycles. The summed E-state index contributed by atoms with van der Waals surface area (Å²) in [4.78, 5) is 0. The monoisotopic (exact) mass is 195 g/mol. The van der Waals surface area contributed by atoms with Crippen LogP contribution in [0.1, 0.15) is 5.56 Å². The molecule has 1 atom stereocenters. The van der Waals surface area contributed by atoms with Crippen LogP contribution in [-0.4, -0.2) is 27.5 Å². The van der Waals surface area contributed by atoms with E-state index in [4.69, 9.17) is 9.47 Å². The quantitative estimate of drug-likeness (QED) is 0.721. The molecule has 1 unspecified atom stereocenters. The van der Waals surface area contributed by atoms with Crippen LogP contribution in [0.5, 0.6) is 5.75 Å². The minimum absolute atomic E-state index is 0.0575. The van der Waals surface area contributed by atoms with Gasteiger partial charge in [-0.2, -0.15) is 0 Å². The van der Waals surface area contributed by atoms with Gasteiger partial charge in [0.15, 0.2) is 0 Å². The van der Waals surface area contributed by atoms with Crippen molar-refractivity contribution in [2.45, 2.75) is 12.6 Å². The average Bonchev–Trinajstić information content (AvgIpc) is 2.26. The van der Waals surface area contributed by atoms with Crippen molar-refractivity contribution in [2.75, 3.05) is 21.3 Å². The van der Waals surface area contributed by atoms with E-state index in [1.807, 2.05) is 25.2 Å². The molecule has 0 spiro atoms. The lowest BCUT2D eigenvalue weighted by Crippen LogP contribution is -2.29. The molecule has 0 radical (unpaired) electrons. The summed E-state index contributed by atoms with van der Waals surface area (Å²) in [6, 6.07) is 8.00. The topological polar surface area (TPSA) is 30.5 Å². The minimum atomic E-state index is 0.0575. The van der Waals surface area contributed by atoms with Gasteiger partial charge in [-0.05, 0) is 24.7 Å². The van der Waals surface area contributed by atoms with E-state index < -0.39 is 0 Å². The highest BCUT2D eigenvalue weighted by Crippen LogP contribution is 2.13. The number of likely N-dealkylation sites (N-methyl/N-ethyl adjacent to an activating group) is 1. The van der Waals surface area contributed by atoms with Gasteiger partial charge >= 0.3 is 0 Å². The molecule has 1 rings (SSSR count). The highest BCUT2D eigenvalue weighted by atomic mass is 16.5. The molecular formula is C11H17NO2. The summed E-state index contributed by atoms with van der Waals surface area (Å²) in [7, 11) is 5.25. The molecule has 0 heterocycles. The molecule has 0 saturated heterocycles. The Morgan fingerprint density at radius 2 is 2.14 bits per heavy atom. The first kappa shape index (κ1) is 11.0. The highest BCUT2D eigenvalue weighted by molar-refractivity contribution is 5.28. The van der Waals surface area contributed by atoms with Crippen molar-refractivity contribution < 1.29 is 9.47 Å². The summed E-state index contributed by atoms with van der Waals surface area (Å²) in [6.07, 6.45) is 0.895. The molecule has 0 bridgehead atoms. The predicted octanol–water partition coefficient (Wildman–Crippen LogP) is 1.43. The molecule has 0 fully saturated rings. The number of nitrogens with one attached hydrogen (secondary N) is 1. The minimum Gasteiger partial charge on any atom is -0.497 e. The van der Waals surface area contributed by atoms with E-state index in [1.54, 1.807) is 14.2 Å². The third-order valence-electron chi connectivity index (χ3n) is 2.16. The normalized spacial score (nSPS) is 12.5. The molecule has 1 aromatic rings. The summed E-state index contributed by atoms with van der Waals surface area (Å²) in [5.41, 5.74) is 1.20. The largest absolute Gasteiger partial charge is 0.497 e. The maximum Gasteiger partial charge on any atom is 0.119 e. The van der Waals surface area contributed by atoms with Gasteiger partial charge in [0.1, 0.15) is 12.0 Å². The first-order chi connectivity index (χ1) is 6.80. The van der Waals surface area contributed by atoms with Gasteiger partial charge in [-0.25, -0.2) is 0 Å². The Morgan fingerprint density at radius 1 is 1.36 bits per heavy atom. The van der Waals surface area contributed by atoms with Crippen molar-refractivity contribution in [1.82, 2.24) is 5.32 Å². The number of ether oxygens (including phenoxy) is 2. The molecule has 3 heteroatoms. The van der Waals surface area contributed by atoms with Crippen LogP contribution in [0.3, 0.4) is 0 Å². The van der Waals surface area contributed by atoms with E-state index in [2.05, 4.69) is 11.4 Å². The fourth-order valence-electron chi connectivity index (χ4n) is 1.32. The van der Waals surface area contributed by atoms with E-state index in [0.29, 0.717) is 0 Å². The van der Waals surface area contributed by atoms with Gasteiger partial charge in [0.2, 0.25) is 0 Å². The SMILES string of the molecule is CNC(Cc1cccc(OC)c1)OC. The van der Waals surface area contributed by atoms with E-state index >= 15 is 0 Å². The fraction of sp³-hybridized carbons (Fsp3) is 0.455. The smallest absolute Gasteiger partial charge is 0.119 e. The maximum absolute atomic E-state index is 5.22. The van der Waals surface area contributed by atoms with Crippen LogP contribution >= 0.6 is 0 Å². The third kappa shape index (κ3) is 3.01. The van der Waals surface area contributed by atoms with E-state index in [1.165, 1.54) is 5.56 Å². The Kier molecular flexibility index (Phi) is 4.43. The van der Waals surface area contributed by atoms with E-state index in [9.17, 15) is 0 Å². The average molecular weight is 195 g/mol. The van der Waals surface area contributed by atoms with Crippen LogP contribution in [0.15, 0.2) is 24.3 Å². The molecule has 1 aromatic carbocycles. The van der Waals surface area contributed by atoms with Gasteiger partial charge in [-0.3, -0.25) is 5.32 Å². The van der Waals surface area contributed by atoms with Gasteiger partial charge in [0.25, 0.3) is 0 Å². The lowest BCUT2D eigenvalue weighted by Gasteiger charge is -2.14. The lowest BCUT2D eigenvalue weighted by molar-refractivity contribution is 0.0812. The zero-order valence-electron chi connectivity index (χ0n) is 8.91. The first-order valence-electron chi connectivity index (χ1n) is 4.63. The van der Waals surface area contributed by atoms with E-state index in [-0.39, 0.29) is 6.23 Å². The number of hydrogen-bond acceptors (Lipinski definition) is 3. The Labute approximate surface area is 85.0 Å². The van der Waals surface area contributed by atoms with Gasteiger partial charge in [0.05, 0.1) is 7.11 Å². The fourth-order valence-corrected chi connectivity index (χ4v) is 1.32. The second kappa shape index (κ2) is 5.62.